The van der Waals surface area contributed by atoms with Gasteiger partial charge >= 0.3 is 5.97 Å². The summed E-state index contributed by atoms with van der Waals surface area (Å²) in [6.45, 7) is 2.99. The second-order valence-electron chi connectivity index (χ2n) is 2.42. The molecule has 0 spiro atoms. The van der Waals surface area contributed by atoms with E-state index in [0.717, 1.165) is 6.54 Å². The summed E-state index contributed by atoms with van der Waals surface area (Å²) in [5, 5.41) is 0. The number of nitrogens with zero attached hydrogens (tertiary/aromatic N) is 1. The molecule has 0 radical (unpaired) electrons. The third kappa shape index (κ3) is 7.06. The fourth-order valence-electron chi connectivity index (χ4n) is 0.550. The highest BCUT2D eigenvalue weighted by Crippen LogP contribution is 1.82. The first-order chi connectivity index (χ1) is 5.16. The molecule has 0 fully saturated rings. The molecule has 0 amide bonds. The predicted octanol–water partition coefficient (Wildman–Crippen LogP) is 0.667. The highest BCUT2D eigenvalue weighted by molar-refractivity contribution is 5.81. The molecular weight excluding hydrogens is 142 g/mol. The van der Waals surface area contributed by atoms with Crippen LogP contribution < -0.4 is 0 Å². The van der Waals surface area contributed by atoms with Crippen LogP contribution in [0.2, 0.25) is 0 Å². The summed E-state index contributed by atoms with van der Waals surface area (Å²) in [6, 6.07) is 0. The number of hydrogen-bond donors (Lipinski definition) is 0. The lowest BCUT2D eigenvalue weighted by atomic mass is 10.5. The van der Waals surface area contributed by atoms with Gasteiger partial charge in [-0.25, -0.2) is 4.79 Å². The van der Waals surface area contributed by atoms with E-state index < -0.39 is 0 Å². The van der Waals surface area contributed by atoms with Crippen LogP contribution in [0.5, 0.6) is 0 Å². The lowest BCUT2D eigenvalue weighted by molar-refractivity contribution is -0.137. The number of carbonyl (C=O) groups excluding carboxylic acids is 1. The zero-order valence-electron chi connectivity index (χ0n) is 7.33. The first-order valence-corrected chi connectivity index (χ1v) is 3.64. The van der Waals surface area contributed by atoms with Crippen LogP contribution in [0, 0.1) is 0 Å². The Morgan fingerprint density at radius 2 is 2.18 bits per heavy atom. The third-order valence-electron chi connectivity index (χ3n) is 1.01. The van der Waals surface area contributed by atoms with Crippen LogP contribution in [0.4, 0.5) is 0 Å². The molecule has 0 saturated heterocycles. The van der Waals surface area contributed by atoms with Crippen molar-refractivity contribution in [3.05, 3.63) is 12.2 Å². The van der Waals surface area contributed by atoms with E-state index in [9.17, 15) is 4.79 Å². The maximum absolute atomic E-state index is 10.7. The smallest absolute Gasteiger partial charge is 0.330 e. The van der Waals surface area contributed by atoms with E-state index in [4.69, 9.17) is 0 Å². The van der Waals surface area contributed by atoms with E-state index in [1.54, 1.807) is 13.0 Å². The highest BCUT2D eigenvalue weighted by atomic mass is 16.5. The van der Waals surface area contributed by atoms with Gasteiger partial charge in [-0.15, -0.1) is 0 Å². The average Bonchev–Trinajstić information content (AvgIpc) is 1.87. The molecule has 0 bridgehead atoms. The molecule has 0 aliphatic carbocycles. The molecule has 0 saturated carbocycles. The van der Waals surface area contributed by atoms with Gasteiger partial charge in [0.1, 0.15) is 0 Å². The largest absolute Gasteiger partial charge is 0.463 e. The van der Waals surface area contributed by atoms with Gasteiger partial charge in [0, 0.05) is 12.6 Å². The molecular formula is C8H15NO2. The Bertz CT molecular complexity index is 141. The maximum Gasteiger partial charge on any atom is 0.330 e. The summed E-state index contributed by atoms with van der Waals surface area (Å²) < 4.78 is 4.68. The van der Waals surface area contributed by atoms with Crippen LogP contribution in [0.3, 0.4) is 0 Å². The van der Waals surface area contributed by atoms with Crippen LogP contribution in [0.25, 0.3) is 0 Å². The monoisotopic (exact) mass is 157 g/mol. The van der Waals surface area contributed by atoms with Crippen molar-refractivity contribution in [1.82, 2.24) is 4.90 Å². The number of likely N-dealkylation sites (N-methyl/N-ethyl adjacent to an activating group) is 1. The topological polar surface area (TPSA) is 29.5 Å². The minimum absolute atomic E-state index is 0.269. The van der Waals surface area contributed by atoms with E-state index in [2.05, 4.69) is 4.74 Å². The summed E-state index contributed by atoms with van der Waals surface area (Å²) in [6.07, 6.45) is 3.22. The van der Waals surface area contributed by atoms with Gasteiger partial charge in [0.25, 0.3) is 0 Å². The molecule has 11 heavy (non-hydrogen) atoms. The van der Waals surface area contributed by atoms with Crippen molar-refractivity contribution in [3.63, 3.8) is 0 Å². The lowest BCUT2D eigenvalue weighted by Gasteiger charge is -2.03. The molecule has 0 aromatic carbocycles. The van der Waals surface area contributed by atoms with Crippen molar-refractivity contribution < 1.29 is 9.53 Å². The van der Waals surface area contributed by atoms with Crippen molar-refractivity contribution in [1.29, 1.82) is 0 Å². The second-order valence-corrected chi connectivity index (χ2v) is 2.42. The van der Waals surface area contributed by atoms with Crippen LogP contribution >= 0.6 is 0 Å². The van der Waals surface area contributed by atoms with Crippen molar-refractivity contribution in [2.24, 2.45) is 0 Å². The molecule has 3 heteroatoms. The quantitative estimate of drug-likeness (QED) is 0.443. The SMILES string of the molecule is CCOC(=O)/C=C/CN(C)C. The molecule has 0 aliphatic rings. The summed E-state index contributed by atoms with van der Waals surface area (Å²) in [5.74, 6) is -0.269. The third-order valence-corrected chi connectivity index (χ3v) is 1.01. The van der Waals surface area contributed by atoms with Gasteiger partial charge in [0.2, 0.25) is 0 Å². The fraction of sp³-hybridized carbons (Fsp3) is 0.625. The molecule has 0 rings (SSSR count). The van der Waals surface area contributed by atoms with E-state index in [0.29, 0.717) is 6.61 Å². The number of rotatable bonds is 4. The van der Waals surface area contributed by atoms with Crippen molar-refractivity contribution >= 4 is 5.97 Å². The number of esters is 1. The standard InChI is InChI=1S/C8H15NO2/c1-4-11-8(10)6-5-7-9(2)3/h5-6H,4,7H2,1-3H3/b6-5+. The molecule has 3 nitrogen and oxygen atoms in total. The van der Waals surface area contributed by atoms with Crippen LogP contribution in [0.15, 0.2) is 12.2 Å². The molecule has 0 aromatic heterocycles. The lowest BCUT2D eigenvalue weighted by Crippen LogP contribution is -2.11. The average molecular weight is 157 g/mol. The maximum atomic E-state index is 10.7. The predicted molar refractivity (Wildman–Crippen MR) is 44.3 cm³/mol. The zero-order valence-corrected chi connectivity index (χ0v) is 7.33. The van der Waals surface area contributed by atoms with E-state index in [1.807, 2.05) is 19.0 Å². The molecule has 0 atom stereocenters. The molecule has 0 unspecified atom stereocenters. The Morgan fingerprint density at radius 3 is 2.64 bits per heavy atom. The van der Waals surface area contributed by atoms with Gasteiger partial charge < -0.3 is 9.64 Å². The molecule has 0 N–H and O–H groups in total. The van der Waals surface area contributed by atoms with Gasteiger partial charge in [-0.05, 0) is 21.0 Å². The Balaban J connectivity index is 3.48. The van der Waals surface area contributed by atoms with Gasteiger partial charge in [0.15, 0.2) is 0 Å². The van der Waals surface area contributed by atoms with Crippen molar-refractivity contribution in [2.45, 2.75) is 6.92 Å². The minimum atomic E-state index is -0.269. The highest BCUT2D eigenvalue weighted by Gasteiger charge is 1.91. The van der Waals surface area contributed by atoms with Gasteiger partial charge in [-0.2, -0.15) is 0 Å². The van der Waals surface area contributed by atoms with Gasteiger partial charge in [-0.1, -0.05) is 6.08 Å². The fourth-order valence-corrected chi connectivity index (χ4v) is 0.550. The Morgan fingerprint density at radius 1 is 1.55 bits per heavy atom. The van der Waals surface area contributed by atoms with Crippen molar-refractivity contribution in [2.75, 3.05) is 27.2 Å². The Kier molecular flexibility index (Phi) is 5.47. The first-order valence-electron chi connectivity index (χ1n) is 3.64. The van der Waals surface area contributed by atoms with Gasteiger partial charge in [-0.3, -0.25) is 0 Å². The molecule has 0 heterocycles. The molecule has 64 valence electrons. The number of ether oxygens (including phenoxy) is 1. The number of carbonyl (C=O) groups is 1. The second kappa shape index (κ2) is 5.92. The normalized spacial score (nSPS) is 10.9. The van der Waals surface area contributed by atoms with Gasteiger partial charge in [0.05, 0.1) is 6.61 Å². The number of hydrogen-bond acceptors (Lipinski definition) is 3. The summed E-state index contributed by atoms with van der Waals surface area (Å²) >= 11 is 0. The van der Waals surface area contributed by atoms with E-state index in [-0.39, 0.29) is 5.97 Å². The van der Waals surface area contributed by atoms with E-state index in [1.165, 1.54) is 6.08 Å². The summed E-state index contributed by atoms with van der Waals surface area (Å²) in [5.41, 5.74) is 0. The van der Waals surface area contributed by atoms with Crippen LogP contribution in [-0.2, 0) is 9.53 Å². The van der Waals surface area contributed by atoms with Crippen LogP contribution in [-0.4, -0.2) is 38.1 Å². The molecule has 0 aromatic rings. The summed E-state index contributed by atoms with van der Waals surface area (Å²) in [4.78, 5) is 12.7. The Hall–Kier alpha value is -0.830. The zero-order chi connectivity index (χ0) is 8.69. The minimum Gasteiger partial charge on any atom is -0.463 e. The Labute approximate surface area is 67.6 Å². The van der Waals surface area contributed by atoms with Crippen LogP contribution in [0.1, 0.15) is 6.92 Å². The molecule has 0 aliphatic heterocycles. The summed E-state index contributed by atoms with van der Waals surface area (Å²) in [7, 11) is 3.88. The van der Waals surface area contributed by atoms with E-state index >= 15 is 0 Å². The van der Waals surface area contributed by atoms with Crippen molar-refractivity contribution in [3.8, 4) is 0 Å². The first kappa shape index (κ1) is 10.2.